The number of rotatable bonds is 7. The molecule has 0 unspecified atom stereocenters. The van der Waals surface area contributed by atoms with Crippen LogP contribution in [-0.2, 0) is 4.79 Å². The van der Waals surface area contributed by atoms with E-state index in [1.807, 2.05) is 18.0 Å². The molecule has 3 N–H and O–H groups in total. The van der Waals surface area contributed by atoms with Crippen LogP contribution in [-0.4, -0.2) is 19.5 Å². The van der Waals surface area contributed by atoms with Gasteiger partial charge in [-0.3, -0.25) is 10.2 Å². The van der Waals surface area contributed by atoms with Gasteiger partial charge in [0, 0.05) is 25.7 Å². The van der Waals surface area contributed by atoms with E-state index in [1.165, 1.54) is 12.1 Å². The largest absolute Gasteiger partial charge is 0.375 e. The van der Waals surface area contributed by atoms with E-state index in [0.717, 1.165) is 31.5 Å². The quantitative estimate of drug-likeness (QED) is 0.337. The van der Waals surface area contributed by atoms with Crippen LogP contribution in [0.3, 0.4) is 0 Å². The lowest BCUT2D eigenvalue weighted by molar-refractivity contribution is -0.121. The highest BCUT2D eigenvalue weighted by molar-refractivity contribution is 5.75. The number of amides is 1. The van der Waals surface area contributed by atoms with Gasteiger partial charge in [0.05, 0.1) is 0 Å². The summed E-state index contributed by atoms with van der Waals surface area (Å²) in [7, 11) is 1.93. The van der Waals surface area contributed by atoms with Crippen LogP contribution in [0.1, 0.15) is 25.7 Å². The average molecular weight is 253 g/mol. The average Bonchev–Trinajstić information content (AvgIpc) is 2.37. The zero-order valence-electron chi connectivity index (χ0n) is 10.7. The molecule has 0 bridgehead atoms. The number of benzene rings is 1. The first-order valence-electron chi connectivity index (χ1n) is 6.09. The summed E-state index contributed by atoms with van der Waals surface area (Å²) in [5.74, 6) is 4.63. The summed E-state index contributed by atoms with van der Waals surface area (Å²) in [6.07, 6.45) is 3.19. The molecule has 1 aromatic rings. The van der Waals surface area contributed by atoms with Crippen LogP contribution in [0.5, 0.6) is 0 Å². The molecule has 0 saturated carbocycles. The maximum Gasteiger partial charge on any atom is 0.233 e. The Labute approximate surface area is 107 Å². The molecule has 0 radical (unpaired) electrons. The van der Waals surface area contributed by atoms with Crippen molar-refractivity contribution in [2.45, 2.75) is 25.7 Å². The van der Waals surface area contributed by atoms with Gasteiger partial charge >= 0.3 is 0 Å². The highest BCUT2D eigenvalue weighted by Crippen LogP contribution is 2.14. The number of hydrogen-bond donors (Lipinski definition) is 2. The summed E-state index contributed by atoms with van der Waals surface area (Å²) < 4.78 is 13.0. The third-order valence-corrected chi connectivity index (χ3v) is 2.81. The normalized spacial score (nSPS) is 10.2. The van der Waals surface area contributed by atoms with Gasteiger partial charge in [-0.05, 0) is 31.0 Å². The molecule has 0 aliphatic rings. The number of halogens is 1. The summed E-state index contributed by atoms with van der Waals surface area (Å²) in [5.41, 5.74) is 2.98. The van der Waals surface area contributed by atoms with Crippen LogP contribution in [0.4, 0.5) is 10.1 Å². The Hall–Kier alpha value is -1.62. The number of carbonyl (C=O) groups is 1. The van der Waals surface area contributed by atoms with Crippen molar-refractivity contribution in [2.24, 2.45) is 5.84 Å². The van der Waals surface area contributed by atoms with E-state index in [1.54, 1.807) is 6.07 Å². The van der Waals surface area contributed by atoms with E-state index in [-0.39, 0.29) is 11.7 Å². The minimum atomic E-state index is -0.223. The molecule has 0 aromatic heterocycles. The van der Waals surface area contributed by atoms with Crippen molar-refractivity contribution >= 4 is 11.6 Å². The summed E-state index contributed by atoms with van der Waals surface area (Å²) in [6, 6.07) is 6.53. The fourth-order valence-corrected chi connectivity index (χ4v) is 1.73. The van der Waals surface area contributed by atoms with Gasteiger partial charge in [0.25, 0.3) is 0 Å². The van der Waals surface area contributed by atoms with Gasteiger partial charge in [-0.1, -0.05) is 12.5 Å². The molecule has 0 fully saturated rings. The minimum absolute atomic E-state index is 0.131. The van der Waals surface area contributed by atoms with E-state index in [4.69, 9.17) is 5.84 Å². The van der Waals surface area contributed by atoms with Gasteiger partial charge in [-0.2, -0.15) is 0 Å². The van der Waals surface area contributed by atoms with E-state index in [9.17, 15) is 9.18 Å². The van der Waals surface area contributed by atoms with Crippen molar-refractivity contribution in [1.29, 1.82) is 0 Å². The topological polar surface area (TPSA) is 58.4 Å². The second-order valence-corrected chi connectivity index (χ2v) is 4.28. The first-order valence-corrected chi connectivity index (χ1v) is 6.09. The molecule has 4 nitrogen and oxygen atoms in total. The molecule has 100 valence electrons. The van der Waals surface area contributed by atoms with E-state index in [0.29, 0.717) is 6.42 Å². The van der Waals surface area contributed by atoms with Crippen LogP contribution in [0.25, 0.3) is 0 Å². The van der Waals surface area contributed by atoms with Crippen molar-refractivity contribution in [3.63, 3.8) is 0 Å². The van der Waals surface area contributed by atoms with Crippen molar-refractivity contribution in [3.8, 4) is 0 Å². The predicted molar refractivity (Wildman–Crippen MR) is 70.5 cm³/mol. The predicted octanol–water partition coefficient (Wildman–Crippen LogP) is 1.81. The Balaban J connectivity index is 2.21. The first kappa shape index (κ1) is 14.4. The molecule has 18 heavy (non-hydrogen) atoms. The molecule has 0 heterocycles. The minimum Gasteiger partial charge on any atom is -0.375 e. The van der Waals surface area contributed by atoms with Crippen molar-refractivity contribution in [1.82, 2.24) is 5.43 Å². The molecule has 0 aliphatic carbocycles. The van der Waals surface area contributed by atoms with Crippen LogP contribution in [0, 0.1) is 5.82 Å². The van der Waals surface area contributed by atoms with E-state index in [2.05, 4.69) is 5.43 Å². The number of anilines is 1. The Kier molecular flexibility index (Phi) is 6.14. The molecule has 0 aliphatic heterocycles. The molecule has 1 aromatic carbocycles. The zero-order chi connectivity index (χ0) is 13.4. The van der Waals surface area contributed by atoms with Crippen LogP contribution < -0.4 is 16.2 Å². The highest BCUT2D eigenvalue weighted by atomic mass is 19.1. The molecule has 5 heteroatoms. The SMILES string of the molecule is CN(CCCCCC(=O)NN)c1cccc(F)c1. The van der Waals surface area contributed by atoms with Gasteiger partial charge in [0.2, 0.25) is 5.91 Å². The maximum absolute atomic E-state index is 13.0. The highest BCUT2D eigenvalue weighted by Gasteiger charge is 2.02. The third-order valence-electron chi connectivity index (χ3n) is 2.81. The first-order chi connectivity index (χ1) is 8.63. The van der Waals surface area contributed by atoms with Crippen molar-refractivity contribution in [2.75, 3.05) is 18.5 Å². The molecule has 1 rings (SSSR count). The number of hydrogen-bond acceptors (Lipinski definition) is 3. The third kappa shape index (κ3) is 5.14. The number of unbranched alkanes of at least 4 members (excludes halogenated alkanes) is 2. The Morgan fingerprint density at radius 2 is 2.17 bits per heavy atom. The Bertz CT molecular complexity index is 384. The second kappa shape index (κ2) is 7.66. The van der Waals surface area contributed by atoms with E-state index < -0.39 is 0 Å². The van der Waals surface area contributed by atoms with E-state index >= 15 is 0 Å². The number of hydrazine groups is 1. The van der Waals surface area contributed by atoms with Gasteiger partial charge in [0.1, 0.15) is 5.82 Å². The lowest BCUT2D eigenvalue weighted by Crippen LogP contribution is -2.29. The number of nitrogens with two attached hydrogens (primary N) is 1. The molecular weight excluding hydrogens is 233 g/mol. The second-order valence-electron chi connectivity index (χ2n) is 4.28. The number of nitrogens with zero attached hydrogens (tertiary/aromatic N) is 1. The van der Waals surface area contributed by atoms with Crippen LogP contribution in [0.15, 0.2) is 24.3 Å². The summed E-state index contributed by atoms with van der Waals surface area (Å²) in [4.78, 5) is 12.9. The summed E-state index contributed by atoms with van der Waals surface area (Å²) in [6.45, 7) is 0.841. The van der Waals surface area contributed by atoms with Gasteiger partial charge < -0.3 is 4.90 Å². The number of nitrogens with one attached hydrogen (secondary N) is 1. The summed E-state index contributed by atoms with van der Waals surface area (Å²) >= 11 is 0. The zero-order valence-corrected chi connectivity index (χ0v) is 10.7. The summed E-state index contributed by atoms with van der Waals surface area (Å²) in [5, 5.41) is 0. The van der Waals surface area contributed by atoms with Crippen LogP contribution >= 0.6 is 0 Å². The van der Waals surface area contributed by atoms with Crippen LogP contribution in [0.2, 0.25) is 0 Å². The number of carbonyl (C=O) groups excluding carboxylic acids is 1. The standard InChI is InChI=1S/C13H20FN3O/c1-17(12-7-5-6-11(14)10-12)9-4-2-3-8-13(18)16-15/h5-7,10H,2-4,8-9,15H2,1H3,(H,16,18). The van der Waals surface area contributed by atoms with Gasteiger partial charge in [0.15, 0.2) is 0 Å². The van der Waals surface area contributed by atoms with Gasteiger partial charge in [-0.25, -0.2) is 10.2 Å². The molecule has 0 spiro atoms. The van der Waals surface area contributed by atoms with Gasteiger partial charge in [-0.15, -0.1) is 0 Å². The Morgan fingerprint density at radius 1 is 1.39 bits per heavy atom. The lowest BCUT2D eigenvalue weighted by Gasteiger charge is -2.19. The monoisotopic (exact) mass is 253 g/mol. The molecule has 0 saturated heterocycles. The van der Waals surface area contributed by atoms with Crippen molar-refractivity contribution in [3.05, 3.63) is 30.1 Å². The molecular formula is C13H20FN3O. The smallest absolute Gasteiger partial charge is 0.233 e. The Morgan fingerprint density at radius 3 is 2.83 bits per heavy atom. The van der Waals surface area contributed by atoms with Crippen molar-refractivity contribution < 1.29 is 9.18 Å². The molecule has 0 atom stereocenters. The fourth-order valence-electron chi connectivity index (χ4n) is 1.73. The lowest BCUT2D eigenvalue weighted by atomic mass is 10.2. The fraction of sp³-hybridized carbons (Fsp3) is 0.462. The molecule has 1 amide bonds. The maximum atomic E-state index is 13.0.